The molecule has 1 saturated heterocycles. The number of allylic oxidation sites excluding steroid dienone is 1. The van der Waals surface area contributed by atoms with Crippen LogP contribution in [0.1, 0.15) is 56.2 Å². The Balaban J connectivity index is 1.83. The fourth-order valence-electron chi connectivity index (χ4n) is 5.72. The smallest absolute Gasteiger partial charge is 0.233 e. The van der Waals surface area contributed by atoms with E-state index in [0.29, 0.717) is 43.6 Å². The number of carbonyl (C=O) groups excluding carboxylic acids is 2. The number of nitrogens with zero attached hydrogens (tertiary/aromatic N) is 1. The molecule has 1 aliphatic carbocycles. The molecule has 1 aliphatic heterocycles. The van der Waals surface area contributed by atoms with E-state index < -0.39 is 23.9 Å². The number of hydrogen-bond acceptors (Lipinski definition) is 6. The third-order valence-electron chi connectivity index (χ3n) is 7.34. The van der Waals surface area contributed by atoms with Crippen LogP contribution >= 0.6 is 0 Å². The minimum Gasteiger partial charge on any atom is -0.507 e. The van der Waals surface area contributed by atoms with Gasteiger partial charge in [-0.2, -0.15) is 0 Å². The molecule has 0 saturated carbocycles. The lowest BCUT2D eigenvalue weighted by atomic mass is 9.68. The minimum atomic E-state index is -0.854. The molecule has 35 heavy (non-hydrogen) atoms. The number of aliphatic hydroxyl groups excluding tert-OH is 2. The SMILES string of the molecule is CCCN1C(=O)[C@@H]2[C@@H](CC(COC)=C([C@H](O)CC/C(C)=C/c3cc(C)c(O)c(C)c3)[C@@H]2CO)C1=O. The van der Waals surface area contributed by atoms with Gasteiger partial charge in [0.25, 0.3) is 0 Å². The van der Waals surface area contributed by atoms with E-state index in [1.165, 1.54) is 4.90 Å². The predicted molar refractivity (Wildman–Crippen MR) is 135 cm³/mol. The number of carbonyl (C=O) groups is 2. The molecule has 0 aromatic heterocycles. The molecule has 3 rings (SSSR count). The number of phenols is 1. The number of hydrogen-bond donors (Lipinski definition) is 3. The summed E-state index contributed by atoms with van der Waals surface area (Å²) in [5.74, 6) is -1.86. The average molecular weight is 486 g/mol. The molecule has 0 radical (unpaired) electrons. The van der Waals surface area contributed by atoms with E-state index in [1.807, 2.05) is 45.9 Å². The minimum absolute atomic E-state index is 0.180. The van der Waals surface area contributed by atoms with Gasteiger partial charge in [-0.3, -0.25) is 14.5 Å². The zero-order valence-corrected chi connectivity index (χ0v) is 21.5. The van der Waals surface area contributed by atoms with Gasteiger partial charge in [0.2, 0.25) is 11.8 Å². The van der Waals surface area contributed by atoms with Crippen molar-refractivity contribution < 1.29 is 29.6 Å². The summed E-state index contributed by atoms with van der Waals surface area (Å²) in [4.78, 5) is 27.4. The summed E-state index contributed by atoms with van der Waals surface area (Å²) in [6.07, 6.45) is 3.28. The van der Waals surface area contributed by atoms with E-state index in [1.54, 1.807) is 7.11 Å². The van der Waals surface area contributed by atoms with Gasteiger partial charge in [-0.1, -0.05) is 18.6 Å². The number of aromatic hydroxyl groups is 1. The highest BCUT2D eigenvalue weighted by molar-refractivity contribution is 6.05. The van der Waals surface area contributed by atoms with Crippen LogP contribution in [0.15, 0.2) is 28.9 Å². The molecule has 3 N–H and O–H groups in total. The summed E-state index contributed by atoms with van der Waals surface area (Å²) in [5.41, 5.74) is 5.15. The van der Waals surface area contributed by atoms with Crippen molar-refractivity contribution in [3.8, 4) is 5.75 Å². The third kappa shape index (κ3) is 5.52. The number of aliphatic hydroxyl groups is 2. The van der Waals surface area contributed by atoms with Gasteiger partial charge in [-0.05, 0) is 86.4 Å². The molecule has 0 spiro atoms. The largest absolute Gasteiger partial charge is 0.507 e. The van der Waals surface area contributed by atoms with Crippen LogP contribution in [0.2, 0.25) is 0 Å². The lowest BCUT2D eigenvalue weighted by Gasteiger charge is -2.36. The molecule has 192 valence electrons. The highest BCUT2D eigenvalue weighted by Crippen LogP contribution is 2.46. The second-order valence-corrected chi connectivity index (χ2v) is 9.99. The number of aryl methyl sites for hydroxylation is 2. The van der Waals surface area contributed by atoms with Gasteiger partial charge in [0, 0.05) is 19.6 Å². The second-order valence-electron chi connectivity index (χ2n) is 9.99. The molecule has 7 heteroatoms. The fourth-order valence-corrected chi connectivity index (χ4v) is 5.72. The van der Waals surface area contributed by atoms with Crippen molar-refractivity contribution in [2.75, 3.05) is 26.9 Å². The molecule has 7 nitrogen and oxygen atoms in total. The van der Waals surface area contributed by atoms with Gasteiger partial charge in [0.15, 0.2) is 0 Å². The number of imide groups is 1. The van der Waals surface area contributed by atoms with Crippen molar-refractivity contribution in [2.24, 2.45) is 17.8 Å². The van der Waals surface area contributed by atoms with E-state index in [4.69, 9.17) is 4.74 Å². The number of phenolic OH excluding ortho intramolecular Hbond substituents is 1. The van der Waals surface area contributed by atoms with Crippen LogP contribution < -0.4 is 0 Å². The molecule has 1 fully saturated rings. The quantitative estimate of drug-likeness (QED) is 0.346. The van der Waals surface area contributed by atoms with Crippen molar-refractivity contribution >= 4 is 17.9 Å². The van der Waals surface area contributed by atoms with Gasteiger partial charge >= 0.3 is 0 Å². The first kappa shape index (κ1) is 27.1. The lowest BCUT2D eigenvalue weighted by Crippen LogP contribution is -2.39. The number of amides is 2. The van der Waals surface area contributed by atoms with Gasteiger partial charge in [0.1, 0.15) is 5.75 Å². The van der Waals surface area contributed by atoms with E-state index in [-0.39, 0.29) is 25.0 Å². The first-order chi connectivity index (χ1) is 16.6. The van der Waals surface area contributed by atoms with Crippen molar-refractivity contribution in [2.45, 2.75) is 59.5 Å². The third-order valence-corrected chi connectivity index (χ3v) is 7.34. The van der Waals surface area contributed by atoms with E-state index in [0.717, 1.165) is 27.8 Å². The summed E-state index contributed by atoms with van der Waals surface area (Å²) in [5, 5.41) is 31.6. The molecule has 1 aromatic carbocycles. The number of rotatable bonds is 10. The maximum atomic E-state index is 13.1. The number of ether oxygens (including phenoxy) is 1. The van der Waals surface area contributed by atoms with Crippen LogP contribution in [0.4, 0.5) is 0 Å². The zero-order valence-electron chi connectivity index (χ0n) is 21.5. The fraction of sp³-hybridized carbons (Fsp3) is 0.571. The average Bonchev–Trinajstić information content (AvgIpc) is 3.05. The molecule has 0 unspecified atom stereocenters. The molecular formula is C28H39NO6. The Morgan fingerprint density at radius 3 is 2.46 bits per heavy atom. The summed E-state index contributed by atoms with van der Waals surface area (Å²) in [7, 11) is 1.57. The Morgan fingerprint density at radius 1 is 1.23 bits per heavy atom. The first-order valence-electron chi connectivity index (χ1n) is 12.5. The maximum Gasteiger partial charge on any atom is 0.233 e. The molecular weight excluding hydrogens is 446 g/mol. The Kier molecular flexibility index (Phi) is 8.91. The Hall–Kier alpha value is -2.48. The number of benzene rings is 1. The topological polar surface area (TPSA) is 107 Å². The normalized spacial score (nSPS) is 23.8. The Morgan fingerprint density at radius 2 is 1.89 bits per heavy atom. The van der Waals surface area contributed by atoms with Crippen molar-refractivity contribution in [3.05, 3.63) is 45.5 Å². The number of likely N-dealkylation sites (tertiary alicyclic amines) is 1. The van der Waals surface area contributed by atoms with Crippen LogP contribution in [-0.2, 0) is 14.3 Å². The van der Waals surface area contributed by atoms with Crippen molar-refractivity contribution in [3.63, 3.8) is 0 Å². The first-order valence-corrected chi connectivity index (χ1v) is 12.5. The molecule has 4 atom stereocenters. The molecule has 2 aliphatic rings. The summed E-state index contributed by atoms with van der Waals surface area (Å²) < 4.78 is 5.38. The molecule has 1 aromatic rings. The van der Waals surface area contributed by atoms with Gasteiger partial charge in [-0.15, -0.1) is 0 Å². The van der Waals surface area contributed by atoms with Crippen molar-refractivity contribution in [1.29, 1.82) is 0 Å². The Bertz CT molecular complexity index is 1000. The molecule has 1 heterocycles. The van der Waals surface area contributed by atoms with E-state index in [9.17, 15) is 24.9 Å². The van der Waals surface area contributed by atoms with Gasteiger partial charge in [-0.25, -0.2) is 0 Å². The lowest BCUT2D eigenvalue weighted by molar-refractivity contribution is -0.140. The second kappa shape index (κ2) is 11.5. The summed E-state index contributed by atoms with van der Waals surface area (Å²) in [6, 6.07) is 3.85. The zero-order chi connectivity index (χ0) is 25.9. The highest BCUT2D eigenvalue weighted by atomic mass is 16.5. The monoisotopic (exact) mass is 485 g/mol. The van der Waals surface area contributed by atoms with Gasteiger partial charge in [0.05, 0.1) is 31.2 Å². The number of fused-ring (bicyclic) bond motifs is 1. The summed E-state index contributed by atoms with van der Waals surface area (Å²) >= 11 is 0. The summed E-state index contributed by atoms with van der Waals surface area (Å²) in [6.45, 7) is 7.97. The maximum absolute atomic E-state index is 13.1. The van der Waals surface area contributed by atoms with Crippen LogP contribution in [0, 0.1) is 31.6 Å². The number of methoxy groups -OCH3 is 1. The standard InChI is InChI=1S/C28H39NO6/c1-6-9-29-27(33)21-13-20(15-35-5)24(22(14-30)25(21)28(29)34)23(31)8-7-16(2)10-19-11-17(3)26(32)18(4)12-19/h10-12,21-23,25,30-32H,6-9,13-15H2,1-5H3/b16-10+/t21-,22+,23-,25-/m1/s1. The van der Waals surface area contributed by atoms with E-state index in [2.05, 4.69) is 0 Å². The predicted octanol–water partition coefficient (Wildman–Crippen LogP) is 3.52. The molecule has 0 bridgehead atoms. The van der Waals surface area contributed by atoms with Crippen LogP contribution in [-0.4, -0.2) is 65.0 Å². The Labute approximate surface area is 208 Å². The van der Waals surface area contributed by atoms with Gasteiger partial charge < -0.3 is 20.1 Å². The highest BCUT2D eigenvalue weighted by Gasteiger charge is 2.54. The van der Waals surface area contributed by atoms with Crippen LogP contribution in [0.3, 0.4) is 0 Å². The van der Waals surface area contributed by atoms with Crippen LogP contribution in [0.25, 0.3) is 6.08 Å². The van der Waals surface area contributed by atoms with Crippen LogP contribution in [0.5, 0.6) is 5.75 Å². The van der Waals surface area contributed by atoms with E-state index >= 15 is 0 Å². The molecule has 2 amide bonds. The van der Waals surface area contributed by atoms with Crippen molar-refractivity contribution in [1.82, 2.24) is 4.90 Å².